The molecule has 0 unspecified atom stereocenters. The van der Waals surface area contributed by atoms with Crippen LogP contribution >= 0.6 is 12.4 Å². The van der Waals surface area contributed by atoms with Gasteiger partial charge in [-0.1, -0.05) is 47.6 Å². The Bertz CT molecular complexity index is 1180. The van der Waals surface area contributed by atoms with Crippen molar-refractivity contribution in [2.45, 2.75) is 25.0 Å². The van der Waals surface area contributed by atoms with Crippen LogP contribution in [0, 0.1) is 0 Å². The van der Waals surface area contributed by atoms with Crippen LogP contribution in [0.5, 0.6) is 0 Å². The highest BCUT2D eigenvalue weighted by Gasteiger charge is 2.22. The molecule has 0 radical (unpaired) electrons. The van der Waals surface area contributed by atoms with Gasteiger partial charge in [-0.2, -0.15) is 0 Å². The van der Waals surface area contributed by atoms with Crippen molar-refractivity contribution in [2.75, 3.05) is 18.0 Å². The van der Waals surface area contributed by atoms with Crippen molar-refractivity contribution in [3.8, 4) is 11.3 Å². The van der Waals surface area contributed by atoms with E-state index in [1.165, 1.54) is 0 Å². The van der Waals surface area contributed by atoms with Gasteiger partial charge in [-0.25, -0.2) is 4.98 Å². The van der Waals surface area contributed by atoms with E-state index in [0.29, 0.717) is 13.0 Å². The van der Waals surface area contributed by atoms with Gasteiger partial charge in [0, 0.05) is 42.2 Å². The van der Waals surface area contributed by atoms with Crippen LogP contribution in [0.1, 0.15) is 23.7 Å². The minimum absolute atomic E-state index is 0. The summed E-state index contributed by atoms with van der Waals surface area (Å²) in [5.74, 6) is 0.895. The number of β-amino-alcohol motifs (C(OH)–C–C–N with tert-alkyl or cyclic N) is 1. The van der Waals surface area contributed by atoms with Crippen LogP contribution in [0.4, 0.5) is 5.82 Å². The highest BCUT2D eigenvalue weighted by atomic mass is 35.5. The summed E-state index contributed by atoms with van der Waals surface area (Å²) in [4.78, 5) is 6.92. The molecule has 160 valence electrons. The highest BCUT2D eigenvalue weighted by molar-refractivity contribution is 5.92. The monoisotopic (exact) mass is 436 g/mol. The molecule has 4 aromatic rings. The maximum atomic E-state index is 9.82. The van der Waals surface area contributed by atoms with Gasteiger partial charge in [0.05, 0.1) is 6.10 Å². The van der Waals surface area contributed by atoms with Gasteiger partial charge in [0.25, 0.3) is 0 Å². The molecule has 1 fully saturated rings. The number of nitrogens with two attached hydrogens (primary N) is 1. The Morgan fingerprint density at radius 1 is 1.06 bits per heavy atom. The third-order valence-electron chi connectivity index (χ3n) is 5.70. The summed E-state index contributed by atoms with van der Waals surface area (Å²) < 4.78 is 5.51. The second kappa shape index (κ2) is 9.06. The van der Waals surface area contributed by atoms with E-state index in [1.54, 1.807) is 0 Å². The minimum atomic E-state index is -0.276. The molecule has 6 nitrogen and oxygen atoms in total. The van der Waals surface area contributed by atoms with Gasteiger partial charge in [0.15, 0.2) is 5.58 Å². The van der Waals surface area contributed by atoms with Gasteiger partial charge in [0.2, 0.25) is 0 Å². The standard InChI is InChI=1S/C24H24N4O2.ClH/c25-21(14-16-6-5-11-23(26-16)28-13-12-17(29)15-28)18-7-1-2-8-19(18)24-20-9-3-4-10-22(20)30-27-24;/h1-11,17,21,29H,12-15,25H2;1H/t17-,21+;/m1./s1. The van der Waals surface area contributed by atoms with Crippen LogP contribution in [0.3, 0.4) is 0 Å². The lowest BCUT2D eigenvalue weighted by Crippen LogP contribution is -2.23. The Morgan fingerprint density at radius 3 is 2.71 bits per heavy atom. The molecule has 0 spiro atoms. The maximum absolute atomic E-state index is 9.82. The number of para-hydroxylation sites is 1. The zero-order chi connectivity index (χ0) is 20.5. The predicted molar refractivity (Wildman–Crippen MR) is 124 cm³/mol. The molecule has 5 rings (SSSR count). The third kappa shape index (κ3) is 4.28. The molecule has 3 heterocycles. The molecule has 7 heteroatoms. The summed E-state index contributed by atoms with van der Waals surface area (Å²) >= 11 is 0. The molecule has 2 atom stereocenters. The molecular formula is C24H25ClN4O2. The average Bonchev–Trinajstić information content (AvgIpc) is 3.40. The molecule has 31 heavy (non-hydrogen) atoms. The van der Waals surface area contributed by atoms with E-state index in [-0.39, 0.29) is 24.6 Å². The van der Waals surface area contributed by atoms with E-state index in [0.717, 1.165) is 52.3 Å². The van der Waals surface area contributed by atoms with E-state index in [1.807, 2.05) is 66.7 Å². The molecule has 1 aliphatic heterocycles. The Morgan fingerprint density at radius 2 is 1.87 bits per heavy atom. The molecular weight excluding hydrogens is 412 g/mol. The number of anilines is 1. The fourth-order valence-electron chi connectivity index (χ4n) is 4.16. The van der Waals surface area contributed by atoms with Gasteiger partial charge < -0.3 is 20.3 Å². The van der Waals surface area contributed by atoms with Crippen molar-refractivity contribution in [3.63, 3.8) is 0 Å². The van der Waals surface area contributed by atoms with Crippen LogP contribution < -0.4 is 10.6 Å². The summed E-state index contributed by atoms with van der Waals surface area (Å²) in [6.45, 7) is 1.45. The number of aliphatic hydroxyl groups is 1. The molecule has 3 N–H and O–H groups in total. The Balaban J connectivity index is 0.00000231. The summed E-state index contributed by atoms with van der Waals surface area (Å²) in [7, 11) is 0. The zero-order valence-electron chi connectivity index (χ0n) is 17.0. The minimum Gasteiger partial charge on any atom is -0.391 e. The number of nitrogens with zero attached hydrogens (tertiary/aromatic N) is 3. The number of benzene rings is 2. The predicted octanol–water partition coefficient (Wildman–Crippen LogP) is 4.13. The van der Waals surface area contributed by atoms with E-state index >= 15 is 0 Å². The van der Waals surface area contributed by atoms with Gasteiger partial charge in [-0.3, -0.25) is 0 Å². The molecule has 1 saturated heterocycles. The average molecular weight is 437 g/mol. The number of hydrogen-bond donors (Lipinski definition) is 2. The lowest BCUT2D eigenvalue weighted by Gasteiger charge is -2.19. The van der Waals surface area contributed by atoms with Crippen LogP contribution in [0.25, 0.3) is 22.2 Å². The van der Waals surface area contributed by atoms with Crippen molar-refractivity contribution in [1.82, 2.24) is 10.1 Å². The fourth-order valence-corrected chi connectivity index (χ4v) is 4.16. The van der Waals surface area contributed by atoms with Gasteiger partial charge >= 0.3 is 0 Å². The van der Waals surface area contributed by atoms with Gasteiger partial charge in [-0.05, 0) is 36.2 Å². The van der Waals surface area contributed by atoms with Crippen LogP contribution in [-0.2, 0) is 6.42 Å². The number of hydrogen-bond acceptors (Lipinski definition) is 6. The second-order valence-corrected chi connectivity index (χ2v) is 7.80. The van der Waals surface area contributed by atoms with E-state index in [9.17, 15) is 5.11 Å². The molecule has 0 bridgehead atoms. The molecule has 1 aliphatic rings. The van der Waals surface area contributed by atoms with Gasteiger partial charge in [-0.15, -0.1) is 12.4 Å². The summed E-state index contributed by atoms with van der Waals surface area (Å²) in [5.41, 5.74) is 11.1. The van der Waals surface area contributed by atoms with Gasteiger partial charge in [0.1, 0.15) is 11.5 Å². The number of halogens is 1. The van der Waals surface area contributed by atoms with Crippen molar-refractivity contribution < 1.29 is 9.63 Å². The molecule has 0 saturated carbocycles. The van der Waals surface area contributed by atoms with Crippen LogP contribution in [-0.4, -0.2) is 34.4 Å². The Kier molecular flexibility index (Phi) is 6.23. The first-order chi connectivity index (χ1) is 14.7. The highest BCUT2D eigenvalue weighted by Crippen LogP contribution is 2.33. The van der Waals surface area contributed by atoms with Crippen molar-refractivity contribution >= 4 is 29.2 Å². The van der Waals surface area contributed by atoms with Crippen LogP contribution in [0.2, 0.25) is 0 Å². The molecule has 0 amide bonds. The van der Waals surface area contributed by atoms with Crippen molar-refractivity contribution in [3.05, 3.63) is 78.0 Å². The quantitative estimate of drug-likeness (QED) is 0.489. The lowest BCUT2D eigenvalue weighted by molar-refractivity contribution is 0.198. The zero-order valence-corrected chi connectivity index (χ0v) is 17.8. The van der Waals surface area contributed by atoms with E-state index in [4.69, 9.17) is 15.2 Å². The largest absolute Gasteiger partial charge is 0.391 e. The first-order valence-corrected chi connectivity index (χ1v) is 10.3. The topological polar surface area (TPSA) is 88.4 Å². The number of pyridine rings is 1. The normalized spacial score (nSPS) is 17.0. The van der Waals surface area contributed by atoms with Crippen molar-refractivity contribution in [1.29, 1.82) is 0 Å². The number of aromatic nitrogens is 2. The Hall–Kier alpha value is -2.93. The summed E-state index contributed by atoms with van der Waals surface area (Å²) in [5, 5.41) is 15.1. The summed E-state index contributed by atoms with van der Waals surface area (Å²) in [6.07, 6.45) is 1.11. The van der Waals surface area contributed by atoms with E-state index < -0.39 is 0 Å². The Labute approximate surface area is 187 Å². The summed E-state index contributed by atoms with van der Waals surface area (Å²) in [6, 6.07) is 21.7. The third-order valence-corrected chi connectivity index (χ3v) is 5.70. The number of rotatable bonds is 5. The second-order valence-electron chi connectivity index (χ2n) is 7.80. The first-order valence-electron chi connectivity index (χ1n) is 10.3. The van der Waals surface area contributed by atoms with Crippen molar-refractivity contribution in [2.24, 2.45) is 5.73 Å². The molecule has 0 aliphatic carbocycles. The maximum Gasteiger partial charge on any atom is 0.167 e. The number of fused-ring (bicyclic) bond motifs is 1. The smallest absolute Gasteiger partial charge is 0.167 e. The SMILES string of the molecule is Cl.N[C@@H](Cc1cccc(N2CC[C@@H](O)C2)n1)c1ccccc1-c1noc2ccccc12. The number of aliphatic hydroxyl groups excluding tert-OH is 1. The first kappa shape index (κ1) is 21.3. The van der Waals surface area contributed by atoms with E-state index in [2.05, 4.69) is 10.1 Å². The van der Waals surface area contributed by atoms with Crippen LogP contribution in [0.15, 0.2) is 71.3 Å². The molecule has 2 aromatic carbocycles. The molecule has 2 aromatic heterocycles. The lowest BCUT2D eigenvalue weighted by atomic mass is 9.94. The fraction of sp³-hybridized carbons (Fsp3) is 0.250.